The molecule has 0 spiro atoms. The van der Waals surface area contributed by atoms with Crippen LogP contribution in [0.1, 0.15) is 13.8 Å². The fourth-order valence-corrected chi connectivity index (χ4v) is 1.17. The molecule has 0 aliphatic rings. The highest BCUT2D eigenvalue weighted by molar-refractivity contribution is 5.51. The Bertz CT molecular complexity index is 254. The van der Waals surface area contributed by atoms with Gasteiger partial charge >= 0.3 is 0 Å². The molecule has 0 saturated carbocycles. The molecule has 0 aromatic heterocycles. The molecule has 3 nitrogen and oxygen atoms in total. The van der Waals surface area contributed by atoms with Crippen molar-refractivity contribution in [1.29, 1.82) is 0 Å². The molecule has 0 heterocycles. The molecule has 0 amide bonds. The molecule has 0 saturated heterocycles. The number of hydrogen-bond acceptors (Lipinski definition) is 3. The Balaban J connectivity index is 2.21. The second kappa shape index (κ2) is 5.50. The first-order valence-electron chi connectivity index (χ1n) is 5.01. The topological polar surface area (TPSA) is 50.1 Å². The SMILES string of the molecule is CC(C)NCCNc1ccc(N)cc1. The van der Waals surface area contributed by atoms with Crippen LogP contribution in [0.15, 0.2) is 24.3 Å². The molecule has 0 bridgehead atoms. The maximum absolute atomic E-state index is 5.58. The van der Waals surface area contributed by atoms with E-state index in [0.29, 0.717) is 6.04 Å². The third-order valence-electron chi connectivity index (χ3n) is 1.92. The average molecular weight is 193 g/mol. The Morgan fingerprint density at radius 3 is 2.36 bits per heavy atom. The molecule has 14 heavy (non-hydrogen) atoms. The maximum Gasteiger partial charge on any atom is 0.0342 e. The summed E-state index contributed by atoms with van der Waals surface area (Å²) in [6, 6.07) is 8.33. The quantitative estimate of drug-likeness (QED) is 0.492. The zero-order valence-corrected chi connectivity index (χ0v) is 8.88. The average Bonchev–Trinajstić information content (AvgIpc) is 2.15. The van der Waals surface area contributed by atoms with E-state index in [9.17, 15) is 0 Å². The van der Waals surface area contributed by atoms with Crippen molar-refractivity contribution in [3.05, 3.63) is 24.3 Å². The third kappa shape index (κ3) is 4.14. The minimum absolute atomic E-state index is 0.545. The van der Waals surface area contributed by atoms with Gasteiger partial charge in [-0.15, -0.1) is 0 Å². The van der Waals surface area contributed by atoms with Crippen molar-refractivity contribution in [2.45, 2.75) is 19.9 Å². The van der Waals surface area contributed by atoms with Crippen molar-refractivity contribution in [2.75, 3.05) is 24.1 Å². The normalized spacial score (nSPS) is 10.5. The van der Waals surface area contributed by atoms with Crippen LogP contribution in [-0.4, -0.2) is 19.1 Å². The molecule has 0 aliphatic heterocycles. The molecule has 0 radical (unpaired) electrons. The van der Waals surface area contributed by atoms with Gasteiger partial charge in [0.2, 0.25) is 0 Å². The second-order valence-corrected chi connectivity index (χ2v) is 3.66. The van der Waals surface area contributed by atoms with Gasteiger partial charge in [-0.05, 0) is 24.3 Å². The van der Waals surface area contributed by atoms with Gasteiger partial charge in [0.05, 0.1) is 0 Å². The van der Waals surface area contributed by atoms with Crippen molar-refractivity contribution >= 4 is 11.4 Å². The predicted molar refractivity (Wildman–Crippen MR) is 62.5 cm³/mol. The molecular weight excluding hydrogens is 174 g/mol. The van der Waals surface area contributed by atoms with Gasteiger partial charge in [0.1, 0.15) is 0 Å². The van der Waals surface area contributed by atoms with E-state index in [1.807, 2.05) is 24.3 Å². The molecule has 0 fully saturated rings. The van der Waals surface area contributed by atoms with Gasteiger partial charge in [-0.3, -0.25) is 0 Å². The van der Waals surface area contributed by atoms with Crippen LogP contribution in [-0.2, 0) is 0 Å². The van der Waals surface area contributed by atoms with E-state index >= 15 is 0 Å². The van der Waals surface area contributed by atoms with Crippen LogP contribution in [0.25, 0.3) is 0 Å². The van der Waals surface area contributed by atoms with Crippen molar-refractivity contribution in [3.63, 3.8) is 0 Å². The largest absolute Gasteiger partial charge is 0.399 e. The lowest BCUT2D eigenvalue weighted by atomic mass is 10.3. The summed E-state index contributed by atoms with van der Waals surface area (Å²) in [6.45, 7) is 6.19. The summed E-state index contributed by atoms with van der Waals surface area (Å²) in [7, 11) is 0. The second-order valence-electron chi connectivity index (χ2n) is 3.66. The number of rotatable bonds is 5. The van der Waals surface area contributed by atoms with Crippen molar-refractivity contribution in [1.82, 2.24) is 5.32 Å². The highest BCUT2D eigenvalue weighted by Crippen LogP contribution is 2.09. The Hall–Kier alpha value is -1.22. The summed E-state index contributed by atoms with van der Waals surface area (Å²) in [5, 5.41) is 6.65. The summed E-state index contributed by atoms with van der Waals surface area (Å²) in [5.41, 5.74) is 7.50. The predicted octanol–water partition coefficient (Wildman–Crippen LogP) is 1.68. The maximum atomic E-state index is 5.58. The van der Waals surface area contributed by atoms with Crippen molar-refractivity contribution in [3.8, 4) is 0 Å². The van der Waals surface area contributed by atoms with Crippen molar-refractivity contribution < 1.29 is 0 Å². The van der Waals surface area contributed by atoms with Crippen LogP contribution < -0.4 is 16.4 Å². The Kier molecular flexibility index (Phi) is 4.26. The van der Waals surface area contributed by atoms with Gasteiger partial charge in [0, 0.05) is 30.5 Å². The number of nitrogens with two attached hydrogens (primary N) is 1. The standard InChI is InChI=1S/C11H19N3/c1-9(2)13-7-8-14-11-5-3-10(12)4-6-11/h3-6,9,13-14H,7-8,12H2,1-2H3. The molecule has 0 atom stereocenters. The lowest BCUT2D eigenvalue weighted by Gasteiger charge is -2.09. The van der Waals surface area contributed by atoms with Crippen LogP contribution in [0.3, 0.4) is 0 Å². The van der Waals surface area contributed by atoms with E-state index < -0.39 is 0 Å². The summed E-state index contributed by atoms with van der Waals surface area (Å²) >= 11 is 0. The fourth-order valence-electron chi connectivity index (χ4n) is 1.17. The smallest absolute Gasteiger partial charge is 0.0342 e. The lowest BCUT2D eigenvalue weighted by molar-refractivity contribution is 0.602. The van der Waals surface area contributed by atoms with Gasteiger partial charge in [-0.2, -0.15) is 0 Å². The fraction of sp³-hybridized carbons (Fsp3) is 0.455. The summed E-state index contributed by atoms with van der Waals surface area (Å²) in [4.78, 5) is 0. The van der Waals surface area contributed by atoms with Crippen LogP contribution >= 0.6 is 0 Å². The Labute approximate surface area is 85.7 Å². The van der Waals surface area contributed by atoms with E-state index in [1.54, 1.807) is 0 Å². The first-order valence-corrected chi connectivity index (χ1v) is 5.01. The minimum atomic E-state index is 0.545. The Morgan fingerprint density at radius 2 is 1.79 bits per heavy atom. The van der Waals surface area contributed by atoms with E-state index in [0.717, 1.165) is 24.5 Å². The number of nitrogens with one attached hydrogen (secondary N) is 2. The number of benzene rings is 1. The molecule has 1 aromatic rings. The first-order chi connectivity index (χ1) is 6.68. The molecule has 1 rings (SSSR count). The van der Waals surface area contributed by atoms with Gasteiger partial charge < -0.3 is 16.4 Å². The van der Waals surface area contributed by atoms with E-state index in [-0.39, 0.29) is 0 Å². The molecule has 1 aromatic carbocycles. The van der Waals surface area contributed by atoms with E-state index in [2.05, 4.69) is 24.5 Å². The number of nitrogen functional groups attached to an aromatic ring is 1. The summed E-state index contributed by atoms with van der Waals surface area (Å²) < 4.78 is 0. The van der Waals surface area contributed by atoms with Crippen molar-refractivity contribution in [2.24, 2.45) is 0 Å². The summed E-state index contributed by atoms with van der Waals surface area (Å²) in [6.07, 6.45) is 0. The number of hydrogen-bond donors (Lipinski definition) is 3. The van der Waals surface area contributed by atoms with Gasteiger partial charge in [-0.1, -0.05) is 13.8 Å². The monoisotopic (exact) mass is 193 g/mol. The zero-order chi connectivity index (χ0) is 10.4. The molecular formula is C11H19N3. The van der Waals surface area contributed by atoms with E-state index in [1.165, 1.54) is 0 Å². The molecule has 0 unspecified atom stereocenters. The summed E-state index contributed by atoms with van der Waals surface area (Å²) in [5.74, 6) is 0. The van der Waals surface area contributed by atoms with Gasteiger partial charge in [0.15, 0.2) is 0 Å². The van der Waals surface area contributed by atoms with E-state index in [4.69, 9.17) is 5.73 Å². The minimum Gasteiger partial charge on any atom is -0.399 e. The molecule has 0 aliphatic carbocycles. The van der Waals surface area contributed by atoms with Gasteiger partial charge in [0.25, 0.3) is 0 Å². The molecule has 4 N–H and O–H groups in total. The van der Waals surface area contributed by atoms with Gasteiger partial charge in [-0.25, -0.2) is 0 Å². The van der Waals surface area contributed by atoms with Crippen LogP contribution in [0, 0.1) is 0 Å². The van der Waals surface area contributed by atoms with Crippen LogP contribution in [0.2, 0.25) is 0 Å². The highest BCUT2D eigenvalue weighted by Gasteiger charge is 1.92. The Morgan fingerprint density at radius 1 is 1.14 bits per heavy atom. The van der Waals surface area contributed by atoms with Crippen LogP contribution in [0.4, 0.5) is 11.4 Å². The molecule has 3 heteroatoms. The zero-order valence-electron chi connectivity index (χ0n) is 8.88. The first kappa shape index (κ1) is 10.9. The number of anilines is 2. The highest BCUT2D eigenvalue weighted by atomic mass is 15.0. The molecule has 78 valence electrons. The lowest BCUT2D eigenvalue weighted by Crippen LogP contribution is -2.28. The van der Waals surface area contributed by atoms with Crippen LogP contribution in [0.5, 0.6) is 0 Å². The third-order valence-corrected chi connectivity index (χ3v) is 1.92.